The number of rotatable bonds is 5. The number of amides is 2. The van der Waals surface area contributed by atoms with Gasteiger partial charge in [-0.05, 0) is 47.7 Å². The maximum absolute atomic E-state index is 13.5. The van der Waals surface area contributed by atoms with Crippen molar-refractivity contribution in [3.8, 4) is 0 Å². The molecule has 0 spiro atoms. The number of fused-ring (bicyclic) bond motifs is 2. The van der Waals surface area contributed by atoms with Gasteiger partial charge in [0.1, 0.15) is 18.2 Å². The second-order valence-electron chi connectivity index (χ2n) is 8.47. The van der Waals surface area contributed by atoms with Gasteiger partial charge in [-0.25, -0.2) is 9.97 Å². The van der Waals surface area contributed by atoms with Crippen molar-refractivity contribution in [2.45, 2.75) is 32.4 Å². The van der Waals surface area contributed by atoms with E-state index in [4.69, 9.17) is 17.3 Å². The lowest BCUT2D eigenvalue weighted by Gasteiger charge is -2.40. The van der Waals surface area contributed by atoms with Crippen LogP contribution >= 0.6 is 22.9 Å². The van der Waals surface area contributed by atoms with Crippen LogP contribution in [0.25, 0.3) is 21.0 Å². The summed E-state index contributed by atoms with van der Waals surface area (Å²) in [6.07, 6.45) is 2.87. The number of thiophene rings is 1. The number of halogens is 1. The first-order chi connectivity index (χ1) is 16.4. The Balaban J connectivity index is 1.37. The monoisotopic (exact) mass is 493 g/mol. The summed E-state index contributed by atoms with van der Waals surface area (Å²) in [5.41, 5.74) is 7.65. The van der Waals surface area contributed by atoms with Gasteiger partial charge >= 0.3 is 0 Å². The van der Waals surface area contributed by atoms with E-state index >= 15 is 0 Å². The zero-order valence-corrected chi connectivity index (χ0v) is 20.3. The third-order valence-corrected chi connectivity index (χ3v) is 7.53. The summed E-state index contributed by atoms with van der Waals surface area (Å²) in [6.45, 7) is 3.46. The van der Waals surface area contributed by atoms with E-state index in [9.17, 15) is 9.59 Å². The lowest BCUT2D eigenvalue weighted by atomic mass is 10.0. The molecule has 5 rings (SSSR count). The third kappa shape index (κ3) is 4.19. The average molecular weight is 494 g/mol. The van der Waals surface area contributed by atoms with Crippen LogP contribution < -0.4 is 5.73 Å². The fourth-order valence-electron chi connectivity index (χ4n) is 4.49. The molecular formula is C25H24ClN5O2S. The largest absolute Gasteiger partial charge is 0.383 e. The molecule has 2 N–H and O–H groups in total. The Bertz CT molecular complexity index is 1400. The van der Waals surface area contributed by atoms with E-state index in [1.54, 1.807) is 4.90 Å². The highest BCUT2D eigenvalue weighted by molar-refractivity contribution is 7.20. The predicted molar refractivity (Wildman–Crippen MR) is 136 cm³/mol. The fraction of sp³-hybridized carbons (Fsp3) is 0.280. The van der Waals surface area contributed by atoms with Gasteiger partial charge in [-0.15, -0.1) is 11.3 Å². The van der Waals surface area contributed by atoms with Crippen molar-refractivity contribution in [3.63, 3.8) is 0 Å². The Morgan fingerprint density at radius 1 is 1.18 bits per heavy atom. The van der Waals surface area contributed by atoms with Crippen molar-refractivity contribution >= 4 is 61.6 Å². The van der Waals surface area contributed by atoms with Gasteiger partial charge in [-0.3, -0.25) is 9.59 Å². The van der Waals surface area contributed by atoms with Crippen molar-refractivity contribution < 1.29 is 9.59 Å². The molecule has 0 saturated carbocycles. The molecule has 0 bridgehead atoms. The van der Waals surface area contributed by atoms with Crippen LogP contribution in [0.4, 0.5) is 5.82 Å². The van der Waals surface area contributed by atoms with Crippen LogP contribution in [0.1, 0.15) is 35.0 Å². The Hall–Kier alpha value is -3.23. The first kappa shape index (κ1) is 22.6. The molecule has 0 aliphatic carbocycles. The van der Waals surface area contributed by atoms with E-state index in [1.165, 1.54) is 17.7 Å². The molecule has 2 aromatic carbocycles. The Morgan fingerprint density at radius 2 is 2.03 bits per heavy atom. The SMILES string of the molecule is CCC[C@H]1C(=O)N(Cc2ccc3c(N)ncnc3c2)CCN1C(=O)c1cc2ccc(Cl)cc2s1. The Morgan fingerprint density at radius 3 is 2.85 bits per heavy atom. The summed E-state index contributed by atoms with van der Waals surface area (Å²) < 4.78 is 0.966. The molecule has 0 radical (unpaired) electrons. The molecule has 1 saturated heterocycles. The highest BCUT2D eigenvalue weighted by Gasteiger charge is 2.37. The molecule has 0 unspecified atom stereocenters. The van der Waals surface area contributed by atoms with Gasteiger partial charge in [-0.2, -0.15) is 0 Å². The molecule has 34 heavy (non-hydrogen) atoms. The van der Waals surface area contributed by atoms with Crippen molar-refractivity contribution in [1.82, 2.24) is 19.8 Å². The van der Waals surface area contributed by atoms with E-state index in [0.717, 1.165) is 33.0 Å². The molecule has 1 aliphatic rings. The molecule has 1 fully saturated rings. The Labute approximate surface area is 206 Å². The van der Waals surface area contributed by atoms with Crippen LogP contribution in [0, 0.1) is 0 Å². The lowest BCUT2D eigenvalue weighted by molar-refractivity contribution is -0.141. The number of carbonyl (C=O) groups is 2. The molecular weight excluding hydrogens is 470 g/mol. The highest BCUT2D eigenvalue weighted by atomic mass is 35.5. The van der Waals surface area contributed by atoms with Crippen LogP contribution in [-0.4, -0.2) is 50.7 Å². The molecule has 174 valence electrons. The van der Waals surface area contributed by atoms with E-state index in [2.05, 4.69) is 9.97 Å². The zero-order valence-electron chi connectivity index (χ0n) is 18.7. The zero-order chi connectivity index (χ0) is 23.8. The summed E-state index contributed by atoms with van der Waals surface area (Å²) in [7, 11) is 0. The van der Waals surface area contributed by atoms with Gasteiger partial charge < -0.3 is 15.5 Å². The van der Waals surface area contributed by atoms with Gasteiger partial charge in [-0.1, -0.05) is 37.1 Å². The number of anilines is 1. The van der Waals surface area contributed by atoms with E-state index in [1.807, 2.05) is 54.3 Å². The van der Waals surface area contributed by atoms with E-state index < -0.39 is 6.04 Å². The molecule has 7 nitrogen and oxygen atoms in total. The number of nitrogens with zero attached hydrogens (tertiary/aromatic N) is 4. The van der Waals surface area contributed by atoms with Crippen molar-refractivity contribution in [1.29, 1.82) is 0 Å². The first-order valence-corrected chi connectivity index (χ1v) is 12.4. The van der Waals surface area contributed by atoms with Gasteiger partial charge in [0, 0.05) is 34.7 Å². The molecule has 1 aliphatic heterocycles. The summed E-state index contributed by atoms with van der Waals surface area (Å²) in [5, 5.41) is 2.42. The smallest absolute Gasteiger partial charge is 0.264 e. The van der Waals surface area contributed by atoms with Gasteiger partial charge in [0.05, 0.1) is 10.4 Å². The molecule has 2 aromatic heterocycles. The summed E-state index contributed by atoms with van der Waals surface area (Å²) in [5.74, 6) is 0.320. The number of aromatic nitrogens is 2. The predicted octanol–water partition coefficient (Wildman–Crippen LogP) is 4.73. The maximum Gasteiger partial charge on any atom is 0.264 e. The minimum Gasteiger partial charge on any atom is -0.383 e. The van der Waals surface area contributed by atoms with E-state index in [-0.39, 0.29) is 11.8 Å². The fourth-order valence-corrected chi connectivity index (χ4v) is 5.78. The van der Waals surface area contributed by atoms with Gasteiger partial charge in [0.15, 0.2) is 0 Å². The van der Waals surface area contributed by atoms with E-state index in [0.29, 0.717) is 41.8 Å². The van der Waals surface area contributed by atoms with Crippen molar-refractivity contribution in [2.75, 3.05) is 18.8 Å². The number of benzene rings is 2. The lowest BCUT2D eigenvalue weighted by Crippen LogP contribution is -2.58. The second-order valence-corrected chi connectivity index (χ2v) is 9.99. The molecule has 3 heterocycles. The van der Waals surface area contributed by atoms with Crippen molar-refractivity contribution in [2.24, 2.45) is 0 Å². The van der Waals surface area contributed by atoms with Crippen LogP contribution in [0.3, 0.4) is 0 Å². The summed E-state index contributed by atoms with van der Waals surface area (Å²) in [4.78, 5) is 39.4. The maximum atomic E-state index is 13.5. The highest BCUT2D eigenvalue weighted by Crippen LogP contribution is 2.31. The number of nitrogen functional groups attached to an aromatic ring is 1. The number of carbonyl (C=O) groups excluding carboxylic acids is 2. The van der Waals surface area contributed by atoms with Gasteiger partial charge in [0.25, 0.3) is 5.91 Å². The third-order valence-electron chi connectivity index (χ3n) is 6.20. The topological polar surface area (TPSA) is 92.4 Å². The number of hydrogen-bond acceptors (Lipinski definition) is 6. The quantitative estimate of drug-likeness (QED) is 0.433. The number of hydrogen-bond donors (Lipinski definition) is 1. The number of nitrogens with two attached hydrogens (primary N) is 1. The van der Waals surface area contributed by atoms with Crippen molar-refractivity contribution in [3.05, 3.63) is 64.3 Å². The standard InChI is InChI=1S/C25H24ClN5O2S/c1-2-3-20-24(32)30(13-15-4-7-18-19(10-15)28-14-29-23(18)27)8-9-31(20)25(33)22-11-16-5-6-17(26)12-21(16)34-22/h4-7,10-12,14,20H,2-3,8-9,13H2,1H3,(H2,27,28,29)/t20-/m0/s1. The molecule has 9 heteroatoms. The normalized spacial score (nSPS) is 16.5. The Kier molecular flexibility index (Phi) is 6.10. The van der Waals surface area contributed by atoms with Gasteiger partial charge in [0.2, 0.25) is 5.91 Å². The summed E-state index contributed by atoms with van der Waals surface area (Å²) in [6, 6.07) is 12.8. The van der Waals surface area contributed by atoms with Crippen LogP contribution in [-0.2, 0) is 11.3 Å². The van der Waals surface area contributed by atoms with Crippen LogP contribution in [0.15, 0.2) is 48.8 Å². The molecule has 2 amide bonds. The minimum absolute atomic E-state index is 0.0205. The molecule has 1 atom stereocenters. The van der Waals surface area contributed by atoms with Crippen LogP contribution in [0.5, 0.6) is 0 Å². The van der Waals surface area contributed by atoms with Crippen LogP contribution in [0.2, 0.25) is 5.02 Å². The minimum atomic E-state index is -0.474. The first-order valence-electron chi connectivity index (χ1n) is 11.2. The second kappa shape index (κ2) is 9.19. The molecule has 4 aromatic rings. The summed E-state index contributed by atoms with van der Waals surface area (Å²) >= 11 is 7.53. The average Bonchev–Trinajstić information content (AvgIpc) is 3.25. The number of piperazine rings is 1.